The Hall–Kier alpha value is -8.31. The van der Waals surface area contributed by atoms with Gasteiger partial charge >= 0.3 is 17.6 Å². The minimum absolute atomic E-state index is 0.0295. The summed E-state index contributed by atoms with van der Waals surface area (Å²) in [6.45, 7) is -1.81. The molecule has 5 aromatic rings. The second-order valence-corrected chi connectivity index (χ2v) is 29.8. The molecule has 4 fully saturated rings. The van der Waals surface area contributed by atoms with Crippen molar-refractivity contribution in [2.75, 3.05) is 56.8 Å². The van der Waals surface area contributed by atoms with Gasteiger partial charge in [0.05, 0.1) is 53.4 Å². The van der Waals surface area contributed by atoms with Gasteiger partial charge in [-0.3, -0.25) is 42.6 Å². The summed E-state index contributed by atoms with van der Waals surface area (Å²) in [5.74, 6) is -7.12. The zero-order chi connectivity index (χ0) is 76.9. The van der Waals surface area contributed by atoms with E-state index in [4.69, 9.17) is 37.9 Å². The van der Waals surface area contributed by atoms with Crippen molar-refractivity contribution in [3.05, 3.63) is 123 Å². The first-order valence-corrected chi connectivity index (χ1v) is 37.6. The molecule has 4 aromatic carbocycles. The number of aromatic nitrogens is 2. The first-order valence-electron chi connectivity index (χ1n) is 33.3. The van der Waals surface area contributed by atoms with E-state index in [1.165, 1.54) is 49.4 Å². The summed E-state index contributed by atoms with van der Waals surface area (Å²) < 4.78 is 151. The summed E-state index contributed by atoms with van der Waals surface area (Å²) in [6, 6.07) is 15.3. The number of esters is 1. The predicted octanol–water partition coefficient (Wildman–Crippen LogP) is -1.31. The highest BCUT2D eigenvalue weighted by atomic mass is 32.2. The molecule has 3 heterocycles. The standard InChI is InChI=1S/C65H81N7O31S3/c1-32-52(77)54(79)55(80)63(98-32)103-56-42(70-60(82)43-27-48(74)72-65(86)71-43)23-37(24-44(56)100-64-58(102-62(85)35-12-6-3-7-13-35)57(53(78)46(29-73)101-64)99-45(61(83)84)20-33-9-4-2-5-10-33)59(81)67-16-15-66-49(75)30-96-17-18-97-31-50(76)69-38-14-8-11-34(19-38)28-68-41-25-39(104(87,88)89)21-36-22-40(105(90,91)92)26-47(51(36)41)106(93,94)95/h3,6-8,11-14,19,21-22,25-27,32-33,37,42,44-46,52-58,63-64,68,73,77-80H,2,4-5,9-10,15-18,20,23-24,28-31H2,1H3,(H,66,75)(H,67,81)(H,69,76)(H,70,82)(H,83,84)(H,87,88,89)(H,90,91,92)(H,93,94,95)(H2,71,72,74,86)/t32-,37?,42?,44?,45-,46+,52+,53-,54+,55-,56?,57-,58+,63+,64-/m0/s1. The smallest absolute Gasteiger partial charge is 0.338 e. The summed E-state index contributed by atoms with van der Waals surface area (Å²) >= 11 is 0. The van der Waals surface area contributed by atoms with Crippen molar-refractivity contribution in [2.24, 2.45) is 11.8 Å². The topological polar surface area (TPSA) is 587 Å². The molecule has 2 saturated heterocycles. The number of carboxylic acids is 1. The molecule has 1 aromatic heterocycles. The number of benzene rings is 4. The normalized spacial score (nSPS) is 25.5. The van der Waals surface area contributed by atoms with Gasteiger partial charge in [0.25, 0.3) is 41.8 Å². The van der Waals surface area contributed by atoms with Gasteiger partial charge in [0, 0.05) is 48.4 Å². The lowest BCUT2D eigenvalue weighted by molar-refractivity contribution is -0.347. The highest BCUT2D eigenvalue weighted by Gasteiger charge is 2.55. The van der Waals surface area contributed by atoms with E-state index in [0.717, 1.165) is 43.5 Å². The molecule has 41 heteroatoms. The Bertz CT molecular complexity index is 4420. The minimum Gasteiger partial charge on any atom is -0.479 e. The maximum Gasteiger partial charge on any atom is 0.338 e. The molecule has 4 unspecified atom stereocenters. The number of carbonyl (C=O) groups is 6. The third-order valence-corrected chi connectivity index (χ3v) is 20.5. The van der Waals surface area contributed by atoms with Gasteiger partial charge in [-0.1, -0.05) is 62.4 Å². The highest BCUT2D eigenvalue weighted by molar-refractivity contribution is 7.87. The van der Waals surface area contributed by atoms with Crippen LogP contribution in [-0.4, -0.2) is 247 Å². The van der Waals surface area contributed by atoms with Crippen LogP contribution >= 0.6 is 0 Å². The highest BCUT2D eigenvalue weighted by Crippen LogP contribution is 2.40. The van der Waals surface area contributed by atoms with Gasteiger partial charge in [-0.15, -0.1) is 0 Å². The largest absolute Gasteiger partial charge is 0.479 e. The number of aromatic amines is 2. The zero-order valence-electron chi connectivity index (χ0n) is 56.4. The number of fused-ring (bicyclic) bond motifs is 1. The Balaban J connectivity index is 0.845. The van der Waals surface area contributed by atoms with E-state index in [1.54, 1.807) is 12.1 Å². The summed E-state index contributed by atoms with van der Waals surface area (Å²) in [4.78, 5) is 108. The number of hydrogen-bond donors (Lipinski definition) is 16. The van der Waals surface area contributed by atoms with Crippen LogP contribution in [-0.2, 0) is 94.0 Å². The molecule has 38 nitrogen and oxygen atoms in total. The zero-order valence-corrected chi connectivity index (χ0v) is 58.8. The second-order valence-electron chi connectivity index (χ2n) is 25.6. The van der Waals surface area contributed by atoms with E-state index in [-0.39, 0.29) is 62.1 Å². The van der Waals surface area contributed by atoms with Crippen molar-refractivity contribution in [3.8, 4) is 0 Å². The lowest BCUT2D eigenvalue weighted by Gasteiger charge is -2.48. The fraction of sp³-hybridized carbons (Fsp3) is 0.508. The number of ether oxygens (including phenoxy) is 8. The van der Waals surface area contributed by atoms with Crippen LogP contribution in [0.25, 0.3) is 10.8 Å². The van der Waals surface area contributed by atoms with Crippen LogP contribution < -0.4 is 37.8 Å². The maximum absolute atomic E-state index is 14.5. The molecule has 0 bridgehead atoms. The lowest BCUT2D eigenvalue weighted by atomic mass is 9.80. The first-order chi connectivity index (χ1) is 50.1. The Kier molecular flexibility index (Phi) is 27.8. The van der Waals surface area contributed by atoms with Crippen LogP contribution in [0.4, 0.5) is 11.4 Å². The molecule has 0 radical (unpaired) electrons. The van der Waals surface area contributed by atoms with Crippen molar-refractivity contribution in [3.63, 3.8) is 0 Å². The summed E-state index contributed by atoms with van der Waals surface area (Å²) in [5, 5.41) is 78.4. The number of aliphatic hydroxyl groups excluding tert-OH is 5. The van der Waals surface area contributed by atoms with Crippen molar-refractivity contribution in [1.29, 1.82) is 0 Å². The fourth-order valence-corrected chi connectivity index (χ4v) is 14.7. The first kappa shape index (κ1) is 81.8. The molecule has 580 valence electrons. The fourth-order valence-electron chi connectivity index (χ4n) is 12.7. The number of nitrogens with one attached hydrogen (secondary N) is 7. The van der Waals surface area contributed by atoms with Crippen LogP contribution in [0.2, 0.25) is 0 Å². The molecule has 4 aliphatic rings. The molecule has 9 rings (SSSR count). The molecule has 2 saturated carbocycles. The SMILES string of the molecule is C[C@@H]1O[C@H](OC2C(NC(=O)c3cc(=O)[nH]c(=O)[nH]3)CC(C(=O)NCCNC(=O)COCCOCC(=O)Nc3cccc(CNc4cc(S(=O)(=O)O)cc5cc(S(=O)(=O)O)cc(S(=O)(=O)O)c45)c3)CC2O[C@H]2O[C@H](CO)[C@H](O)[C@H](O[C@@H](CC3CCCCC3)C(=O)O)[C@H]2OC(=O)c2ccccc2)[C@@H](O)[C@H](O)[C@@H]1O. The number of carboxylic acid groups (broad SMARTS) is 1. The summed E-state index contributed by atoms with van der Waals surface area (Å²) in [7, 11) is -15.4. The monoisotopic (exact) mass is 1550 g/mol. The van der Waals surface area contributed by atoms with Crippen molar-refractivity contribution in [2.45, 2.75) is 165 Å². The van der Waals surface area contributed by atoms with Crippen molar-refractivity contribution >= 4 is 88.1 Å². The Labute approximate surface area is 604 Å². The van der Waals surface area contributed by atoms with Crippen LogP contribution in [0.1, 0.15) is 84.7 Å². The number of carbonyl (C=O) groups excluding carboxylic acids is 5. The number of H-pyrrole nitrogens is 2. The van der Waals surface area contributed by atoms with E-state index in [2.05, 4.69) is 31.6 Å². The lowest BCUT2D eigenvalue weighted by Crippen LogP contribution is -2.65. The van der Waals surface area contributed by atoms with Crippen LogP contribution in [0.3, 0.4) is 0 Å². The number of aliphatic hydroxyl groups is 5. The molecule has 0 spiro atoms. The third kappa shape index (κ3) is 21.7. The predicted molar refractivity (Wildman–Crippen MR) is 362 cm³/mol. The molecule has 106 heavy (non-hydrogen) atoms. The molecule has 16 N–H and O–H groups in total. The maximum atomic E-state index is 14.5. The van der Waals surface area contributed by atoms with E-state index in [1.807, 2.05) is 4.98 Å². The molecule has 2 aliphatic heterocycles. The second kappa shape index (κ2) is 36.1. The van der Waals surface area contributed by atoms with Gasteiger partial charge in [-0.05, 0) is 91.6 Å². The average Bonchev–Trinajstić information content (AvgIpc) is 0.758. The number of aliphatic carboxylic acids is 1. The Morgan fingerprint density at radius 1 is 0.679 bits per heavy atom. The summed E-state index contributed by atoms with van der Waals surface area (Å²) in [6.07, 6.45) is -19.9. The van der Waals surface area contributed by atoms with Crippen LogP contribution in [0.5, 0.6) is 0 Å². The molecule has 15 atom stereocenters. The molecule has 2 aliphatic carbocycles. The van der Waals surface area contributed by atoms with Gasteiger partial charge in [-0.25, -0.2) is 14.4 Å². The number of anilines is 2. The number of rotatable bonds is 32. The van der Waals surface area contributed by atoms with Gasteiger partial charge in [-0.2, -0.15) is 25.3 Å². The van der Waals surface area contributed by atoms with Crippen LogP contribution in [0.15, 0.2) is 109 Å². The molecular formula is C65H81N7O31S3. The van der Waals surface area contributed by atoms with Gasteiger partial charge in [0.1, 0.15) is 66.5 Å². The number of amides is 4. The van der Waals surface area contributed by atoms with Gasteiger partial charge < -0.3 is 100 Å². The Morgan fingerprint density at radius 3 is 2.00 bits per heavy atom. The number of hydrogen-bond acceptors (Lipinski definition) is 28. The van der Waals surface area contributed by atoms with Crippen LogP contribution in [0, 0.1) is 11.8 Å². The quantitative estimate of drug-likeness (QED) is 0.0135. The van der Waals surface area contributed by atoms with E-state index in [9.17, 15) is 108 Å². The average molecular weight is 1550 g/mol. The van der Waals surface area contributed by atoms with Crippen molar-refractivity contribution < 1.29 is 136 Å². The van der Waals surface area contributed by atoms with E-state index < -0.39 is 233 Å². The van der Waals surface area contributed by atoms with E-state index in [0.29, 0.717) is 24.5 Å². The van der Waals surface area contributed by atoms with E-state index >= 15 is 0 Å². The summed E-state index contributed by atoms with van der Waals surface area (Å²) in [5.41, 5.74) is -2.44. The minimum atomic E-state index is -5.24. The molecule has 4 amide bonds. The molecular weight excluding hydrogens is 1470 g/mol. The van der Waals surface area contributed by atoms with Gasteiger partial charge in [0.15, 0.2) is 24.8 Å². The van der Waals surface area contributed by atoms with Crippen molar-refractivity contribution in [1.82, 2.24) is 25.9 Å². The van der Waals surface area contributed by atoms with Gasteiger partial charge in [0.2, 0.25) is 17.7 Å². The third-order valence-electron chi connectivity index (χ3n) is 18.0. The Morgan fingerprint density at radius 2 is 1.35 bits per heavy atom.